The summed E-state index contributed by atoms with van der Waals surface area (Å²) in [5.74, 6) is -0.0135. The number of carbonyl (C=O) groups is 1. The summed E-state index contributed by atoms with van der Waals surface area (Å²) in [5.41, 5.74) is 0.500. The molecule has 16 heavy (non-hydrogen) atoms. The fourth-order valence-corrected chi connectivity index (χ4v) is 1.76. The second-order valence-electron chi connectivity index (χ2n) is 3.23. The normalized spacial score (nSPS) is 10.6. The van der Waals surface area contributed by atoms with Crippen LogP contribution in [-0.2, 0) is 11.2 Å². The Kier molecular flexibility index (Phi) is 4.73. The molecule has 0 unspecified atom stereocenters. The lowest BCUT2D eigenvalue weighted by molar-refractivity contribution is -0.116. The molecule has 1 aromatic rings. The predicted octanol–water partition coefficient (Wildman–Crippen LogP) is 3.14. The molecule has 0 aliphatic carbocycles. The van der Waals surface area contributed by atoms with E-state index < -0.39 is 6.61 Å². The predicted molar refractivity (Wildman–Crippen MR) is 59.2 cm³/mol. The Morgan fingerprint density at radius 1 is 1.50 bits per heavy atom. The maximum atomic E-state index is 12.1. The van der Waals surface area contributed by atoms with E-state index in [1.165, 1.54) is 24.8 Å². The Bertz CT molecular complexity index is 380. The number of thioether (sulfide) groups is 1. The van der Waals surface area contributed by atoms with Crippen molar-refractivity contribution in [2.75, 3.05) is 6.26 Å². The lowest BCUT2D eigenvalue weighted by Crippen LogP contribution is -2.06. The number of halogens is 2. The first-order chi connectivity index (χ1) is 7.52. The molecule has 0 fully saturated rings. The molecule has 0 heterocycles. The van der Waals surface area contributed by atoms with E-state index in [1.807, 2.05) is 6.26 Å². The van der Waals surface area contributed by atoms with Crippen molar-refractivity contribution >= 4 is 17.5 Å². The summed E-state index contributed by atoms with van der Waals surface area (Å²) in [6.45, 7) is -1.45. The van der Waals surface area contributed by atoms with Crippen molar-refractivity contribution in [1.29, 1.82) is 0 Å². The molecule has 0 radical (unpaired) electrons. The molecular formula is C11H12F2O2S. The van der Waals surface area contributed by atoms with Gasteiger partial charge in [0.2, 0.25) is 0 Å². The number of ketones is 1. The van der Waals surface area contributed by atoms with E-state index in [9.17, 15) is 13.6 Å². The Morgan fingerprint density at radius 3 is 2.69 bits per heavy atom. The average Bonchev–Trinajstić information content (AvgIpc) is 2.19. The van der Waals surface area contributed by atoms with Gasteiger partial charge in [-0.3, -0.25) is 4.79 Å². The fourth-order valence-electron chi connectivity index (χ4n) is 1.30. The molecule has 0 atom stereocenters. The Morgan fingerprint density at radius 2 is 2.19 bits per heavy atom. The highest BCUT2D eigenvalue weighted by molar-refractivity contribution is 7.98. The van der Waals surface area contributed by atoms with E-state index in [0.717, 1.165) is 4.90 Å². The third-order valence-electron chi connectivity index (χ3n) is 1.92. The van der Waals surface area contributed by atoms with E-state index in [4.69, 9.17) is 0 Å². The van der Waals surface area contributed by atoms with E-state index in [2.05, 4.69) is 4.74 Å². The van der Waals surface area contributed by atoms with Gasteiger partial charge in [-0.1, -0.05) is 0 Å². The third-order valence-corrected chi connectivity index (χ3v) is 2.65. The molecule has 2 nitrogen and oxygen atoms in total. The van der Waals surface area contributed by atoms with Gasteiger partial charge in [-0.2, -0.15) is 8.78 Å². The van der Waals surface area contributed by atoms with Crippen LogP contribution in [0, 0.1) is 0 Å². The summed E-state index contributed by atoms with van der Waals surface area (Å²) >= 11 is 1.48. The number of ether oxygens (including phenoxy) is 1. The van der Waals surface area contributed by atoms with Gasteiger partial charge in [-0.05, 0) is 31.4 Å². The minimum atomic E-state index is -2.87. The first-order valence-electron chi connectivity index (χ1n) is 4.64. The largest absolute Gasteiger partial charge is 0.435 e. The monoisotopic (exact) mass is 246 g/mol. The van der Waals surface area contributed by atoms with Crippen LogP contribution < -0.4 is 4.74 Å². The van der Waals surface area contributed by atoms with Crippen molar-refractivity contribution in [3.63, 3.8) is 0 Å². The lowest BCUT2D eigenvalue weighted by Gasteiger charge is -2.10. The van der Waals surface area contributed by atoms with Gasteiger partial charge in [0.25, 0.3) is 0 Å². The number of alkyl halides is 2. The van der Waals surface area contributed by atoms with Gasteiger partial charge in [0.1, 0.15) is 11.5 Å². The standard InChI is InChI=1S/C11H12F2O2S/c1-7(14)5-8-6-9(16-2)3-4-10(8)15-11(12)13/h3-4,6,11H,5H2,1-2H3. The zero-order valence-corrected chi connectivity index (χ0v) is 9.81. The van der Waals surface area contributed by atoms with Crippen molar-refractivity contribution in [3.8, 4) is 5.75 Å². The molecule has 0 bridgehead atoms. The Hall–Kier alpha value is -1.10. The summed E-state index contributed by atoms with van der Waals surface area (Å²) in [7, 11) is 0. The first kappa shape index (κ1) is 13.0. The van der Waals surface area contributed by atoms with Crippen molar-refractivity contribution < 1.29 is 18.3 Å². The molecule has 88 valence electrons. The maximum absolute atomic E-state index is 12.1. The molecule has 0 aliphatic heterocycles. The van der Waals surface area contributed by atoms with Crippen molar-refractivity contribution in [3.05, 3.63) is 23.8 Å². The minimum Gasteiger partial charge on any atom is -0.435 e. The molecule has 0 N–H and O–H groups in total. The molecule has 0 saturated heterocycles. The summed E-state index contributed by atoms with van der Waals surface area (Å²) in [6, 6.07) is 4.85. The second kappa shape index (κ2) is 5.84. The number of Topliss-reactive ketones (excluding diaryl/α,β-unsaturated/α-hetero) is 1. The van der Waals surface area contributed by atoms with E-state index >= 15 is 0 Å². The molecular weight excluding hydrogens is 234 g/mol. The van der Waals surface area contributed by atoms with Crippen molar-refractivity contribution in [2.24, 2.45) is 0 Å². The van der Waals surface area contributed by atoms with Crippen LogP contribution in [0.25, 0.3) is 0 Å². The van der Waals surface area contributed by atoms with E-state index in [1.54, 1.807) is 12.1 Å². The number of carbonyl (C=O) groups excluding carboxylic acids is 1. The Balaban J connectivity index is 3.00. The second-order valence-corrected chi connectivity index (χ2v) is 4.11. The van der Waals surface area contributed by atoms with Gasteiger partial charge < -0.3 is 4.74 Å². The molecule has 0 spiro atoms. The smallest absolute Gasteiger partial charge is 0.387 e. The van der Waals surface area contributed by atoms with Crippen LogP contribution in [-0.4, -0.2) is 18.7 Å². The van der Waals surface area contributed by atoms with Crippen LogP contribution in [0.5, 0.6) is 5.75 Å². The SMILES string of the molecule is CSc1ccc(OC(F)F)c(CC(C)=O)c1. The van der Waals surface area contributed by atoms with Gasteiger partial charge in [-0.15, -0.1) is 11.8 Å². The highest BCUT2D eigenvalue weighted by Crippen LogP contribution is 2.26. The van der Waals surface area contributed by atoms with Crippen LogP contribution >= 0.6 is 11.8 Å². The molecule has 1 aromatic carbocycles. The van der Waals surface area contributed by atoms with Gasteiger partial charge in [-0.25, -0.2) is 0 Å². The molecule has 0 saturated carbocycles. The number of hydrogen-bond acceptors (Lipinski definition) is 3. The summed E-state index contributed by atoms with van der Waals surface area (Å²) in [5, 5.41) is 0. The highest BCUT2D eigenvalue weighted by Gasteiger charge is 2.11. The maximum Gasteiger partial charge on any atom is 0.387 e. The van der Waals surface area contributed by atoms with Crippen molar-refractivity contribution in [2.45, 2.75) is 24.9 Å². The Labute approximate surface area is 97.0 Å². The first-order valence-corrected chi connectivity index (χ1v) is 5.86. The molecule has 1 rings (SSSR count). The number of hydrogen-bond donors (Lipinski definition) is 0. The average molecular weight is 246 g/mol. The van der Waals surface area contributed by atoms with Crippen LogP contribution in [0.2, 0.25) is 0 Å². The van der Waals surface area contributed by atoms with Gasteiger partial charge in [0.15, 0.2) is 0 Å². The fraction of sp³-hybridized carbons (Fsp3) is 0.364. The van der Waals surface area contributed by atoms with Gasteiger partial charge in [0.05, 0.1) is 0 Å². The van der Waals surface area contributed by atoms with Gasteiger partial charge >= 0.3 is 6.61 Å². The van der Waals surface area contributed by atoms with Gasteiger partial charge in [0, 0.05) is 16.9 Å². The number of rotatable bonds is 5. The van der Waals surface area contributed by atoms with Crippen LogP contribution in [0.1, 0.15) is 12.5 Å². The number of benzene rings is 1. The summed E-state index contributed by atoms with van der Waals surface area (Å²) in [6.07, 6.45) is 1.98. The third kappa shape index (κ3) is 3.81. The summed E-state index contributed by atoms with van der Waals surface area (Å²) < 4.78 is 28.6. The minimum absolute atomic E-state index is 0.0722. The van der Waals surface area contributed by atoms with E-state index in [-0.39, 0.29) is 18.0 Å². The topological polar surface area (TPSA) is 26.3 Å². The quantitative estimate of drug-likeness (QED) is 0.746. The molecule has 0 amide bonds. The van der Waals surface area contributed by atoms with Crippen molar-refractivity contribution in [1.82, 2.24) is 0 Å². The van der Waals surface area contributed by atoms with Crippen LogP contribution in [0.15, 0.2) is 23.1 Å². The highest BCUT2D eigenvalue weighted by atomic mass is 32.2. The molecule has 5 heteroatoms. The summed E-state index contributed by atoms with van der Waals surface area (Å²) in [4.78, 5) is 11.9. The lowest BCUT2D eigenvalue weighted by atomic mass is 10.1. The van der Waals surface area contributed by atoms with Crippen LogP contribution in [0.3, 0.4) is 0 Å². The zero-order valence-electron chi connectivity index (χ0n) is 9.00. The van der Waals surface area contributed by atoms with Crippen LogP contribution in [0.4, 0.5) is 8.78 Å². The molecule has 0 aliphatic rings. The zero-order chi connectivity index (χ0) is 12.1. The molecule has 0 aromatic heterocycles. The van der Waals surface area contributed by atoms with E-state index in [0.29, 0.717) is 5.56 Å².